The molecular formula is C19H21FN2O3S. The molecule has 2 aromatic rings. The van der Waals surface area contributed by atoms with Crippen molar-refractivity contribution in [2.45, 2.75) is 31.8 Å². The average Bonchev–Trinajstić information content (AvgIpc) is 3.29. The van der Waals surface area contributed by atoms with E-state index in [0.717, 1.165) is 29.2 Å². The van der Waals surface area contributed by atoms with Crippen LogP contribution in [0.1, 0.15) is 25.7 Å². The number of thiazole rings is 1. The largest absolute Gasteiger partial charge is 0.481 e. The van der Waals surface area contributed by atoms with Gasteiger partial charge in [0.1, 0.15) is 11.2 Å². The smallest absolute Gasteiger partial charge is 0.314 e. The minimum absolute atomic E-state index is 0.274. The number of benzene rings is 1. The van der Waals surface area contributed by atoms with Crippen molar-refractivity contribution >= 4 is 22.4 Å². The summed E-state index contributed by atoms with van der Waals surface area (Å²) in [4.78, 5) is 18.6. The van der Waals surface area contributed by atoms with Gasteiger partial charge in [0.15, 0.2) is 5.13 Å². The highest BCUT2D eigenvalue weighted by Gasteiger charge is 2.52. The molecule has 0 spiro atoms. The molecule has 5 nitrogen and oxygen atoms in total. The molecule has 0 unspecified atom stereocenters. The van der Waals surface area contributed by atoms with Gasteiger partial charge in [-0.3, -0.25) is 4.79 Å². The monoisotopic (exact) mass is 376 g/mol. The van der Waals surface area contributed by atoms with Gasteiger partial charge < -0.3 is 15.1 Å². The lowest BCUT2D eigenvalue weighted by Crippen LogP contribution is -2.56. The Labute approximate surface area is 155 Å². The molecule has 1 saturated heterocycles. The van der Waals surface area contributed by atoms with Crippen LogP contribution in [0.25, 0.3) is 11.3 Å². The van der Waals surface area contributed by atoms with Crippen molar-refractivity contribution < 1.29 is 19.4 Å². The summed E-state index contributed by atoms with van der Waals surface area (Å²) in [5, 5.41) is 23.0. The number of hydrogen-bond acceptors (Lipinski definition) is 5. The first-order valence-corrected chi connectivity index (χ1v) is 9.74. The van der Waals surface area contributed by atoms with Crippen LogP contribution in [-0.2, 0) is 4.79 Å². The molecule has 7 heteroatoms. The highest BCUT2D eigenvalue weighted by atomic mass is 32.1. The zero-order chi connectivity index (χ0) is 18.3. The Morgan fingerprint density at radius 1 is 1.31 bits per heavy atom. The average molecular weight is 376 g/mol. The molecule has 0 radical (unpaired) electrons. The minimum Gasteiger partial charge on any atom is -0.481 e. The lowest BCUT2D eigenvalue weighted by molar-refractivity contribution is -0.158. The van der Waals surface area contributed by atoms with Crippen LogP contribution in [-0.4, -0.2) is 40.4 Å². The molecule has 1 aliphatic carbocycles. The predicted molar refractivity (Wildman–Crippen MR) is 97.8 cm³/mol. The van der Waals surface area contributed by atoms with Crippen LogP contribution >= 0.6 is 11.3 Å². The number of aliphatic hydroxyl groups is 1. The first-order valence-electron chi connectivity index (χ1n) is 8.86. The highest BCUT2D eigenvalue weighted by molar-refractivity contribution is 7.14. The number of carboxylic acid groups (broad SMARTS) is 1. The number of nitrogens with zero attached hydrogens (tertiary/aromatic N) is 2. The van der Waals surface area contributed by atoms with Gasteiger partial charge in [0.05, 0.1) is 11.8 Å². The lowest BCUT2D eigenvalue weighted by Gasteiger charge is -2.43. The number of aliphatic hydroxyl groups excluding tert-OH is 1. The van der Waals surface area contributed by atoms with Crippen LogP contribution < -0.4 is 4.90 Å². The summed E-state index contributed by atoms with van der Waals surface area (Å²) < 4.78 is 13.1. The van der Waals surface area contributed by atoms with E-state index in [9.17, 15) is 19.4 Å². The molecular weight excluding hydrogens is 355 g/mol. The van der Waals surface area contributed by atoms with E-state index in [0.29, 0.717) is 25.3 Å². The maximum absolute atomic E-state index is 13.1. The Morgan fingerprint density at radius 3 is 2.69 bits per heavy atom. The summed E-state index contributed by atoms with van der Waals surface area (Å²) in [6, 6.07) is 6.17. The first-order chi connectivity index (χ1) is 12.5. The molecule has 1 saturated carbocycles. The number of carboxylic acids is 1. The van der Waals surface area contributed by atoms with E-state index in [1.165, 1.54) is 23.5 Å². The van der Waals surface area contributed by atoms with Gasteiger partial charge in [-0.15, -0.1) is 11.3 Å². The predicted octanol–water partition coefficient (Wildman–Crippen LogP) is 3.39. The first kappa shape index (κ1) is 17.4. The minimum atomic E-state index is -1.12. The van der Waals surface area contributed by atoms with E-state index in [-0.39, 0.29) is 12.4 Å². The van der Waals surface area contributed by atoms with E-state index in [4.69, 9.17) is 0 Å². The van der Waals surface area contributed by atoms with Gasteiger partial charge >= 0.3 is 5.97 Å². The van der Waals surface area contributed by atoms with E-state index in [1.54, 1.807) is 12.1 Å². The molecule has 2 fully saturated rings. The summed E-state index contributed by atoms with van der Waals surface area (Å²) >= 11 is 1.45. The Morgan fingerprint density at radius 2 is 2.04 bits per heavy atom. The van der Waals surface area contributed by atoms with Crippen LogP contribution in [0.5, 0.6) is 0 Å². The molecule has 2 aliphatic rings. The zero-order valence-electron chi connectivity index (χ0n) is 14.3. The number of aliphatic carboxylic acids is 1. The molecule has 0 bridgehead atoms. The summed E-state index contributed by atoms with van der Waals surface area (Å²) in [6.45, 7) is 0.855. The van der Waals surface area contributed by atoms with Gasteiger partial charge in [-0.1, -0.05) is 12.8 Å². The van der Waals surface area contributed by atoms with Crippen molar-refractivity contribution in [1.29, 1.82) is 0 Å². The topological polar surface area (TPSA) is 73.7 Å². The van der Waals surface area contributed by atoms with Gasteiger partial charge in [-0.25, -0.2) is 9.37 Å². The van der Waals surface area contributed by atoms with Crippen LogP contribution in [0.4, 0.5) is 9.52 Å². The second-order valence-electron chi connectivity index (χ2n) is 7.36. The van der Waals surface area contributed by atoms with Gasteiger partial charge in [-0.2, -0.15) is 0 Å². The number of anilines is 1. The van der Waals surface area contributed by atoms with Gasteiger partial charge in [-0.05, 0) is 43.0 Å². The quantitative estimate of drug-likeness (QED) is 0.837. The Balaban J connectivity index is 1.58. The summed E-state index contributed by atoms with van der Waals surface area (Å²) in [7, 11) is 0. The maximum atomic E-state index is 13.1. The van der Waals surface area contributed by atoms with Crippen molar-refractivity contribution in [2.75, 3.05) is 18.0 Å². The molecule has 1 aromatic heterocycles. The number of rotatable bonds is 5. The van der Waals surface area contributed by atoms with Crippen molar-refractivity contribution in [2.24, 2.45) is 11.3 Å². The molecule has 138 valence electrons. The molecule has 0 amide bonds. The van der Waals surface area contributed by atoms with E-state index in [1.807, 2.05) is 10.3 Å². The third-order valence-electron chi connectivity index (χ3n) is 5.46. The molecule has 1 aromatic carbocycles. The van der Waals surface area contributed by atoms with E-state index >= 15 is 0 Å². The second kappa shape index (κ2) is 6.63. The highest BCUT2D eigenvalue weighted by Crippen LogP contribution is 2.46. The maximum Gasteiger partial charge on any atom is 0.314 e. The van der Waals surface area contributed by atoms with Crippen molar-refractivity contribution in [3.05, 3.63) is 35.5 Å². The number of halogens is 1. The standard InChI is InChI=1S/C19H21FN2O3S/c20-14-5-3-13(4-6-14)15-10-26-18(21-15)22-8-7-16(23)19(11-22,17(24)25)9-12-1-2-12/h3-6,10,12,16,23H,1-2,7-9,11H2,(H,24,25)/t16-,19+/m1/s1. The van der Waals surface area contributed by atoms with Crippen molar-refractivity contribution in [3.63, 3.8) is 0 Å². The van der Waals surface area contributed by atoms with Gasteiger partial charge in [0.25, 0.3) is 0 Å². The second-order valence-corrected chi connectivity index (χ2v) is 8.19. The van der Waals surface area contributed by atoms with E-state index in [2.05, 4.69) is 4.98 Å². The number of aromatic nitrogens is 1. The molecule has 2 heterocycles. The van der Waals surface area contributed by atoms with Crippen LogP contribution in [0.15, 0.2) is 29.6 Å². The molecule has 2 atom stereocenters. The van der Waals surface area contributed by atoms with E-state index < -0.39 is 17.5 Å². The van der Waals surface area contributed by atoms with Crippen LogP contribution in [0.3, 0.4) is 0 Å². The molecule has 26 heavy (non-hydrogen) atoms. The summed E-state index contributed by atoms with van der Waals surface area (Å²) in [5.41, 5.74) is 0.453. The lowest BCUT2D eigenvalue weighted by atomic mass is 9.73. The van der Waals surface area contributed by atoms with Crippen LogP contribution in [0, 0.1) is 17.2 Å². The number of carbonyl (C=O) groups is 1. The normalized spacial score (nSPS) is 26.1. The number of piperidine rings is 1. The van der Waals surface area contributed by atoms with Crippen molar-refractivity contribution in [1.82, 2.24) is 4.98 Å². The zero-order valence-corrected chi connectivity index (χ0v) is 15.1. The SMILES string of the molecule is O=C(O)[C@@]1(CC2CC2)CN(c2nc(-c3ccc(F)cc3)cs2)CC[C@H]1O. The van der Waals surface area contributed by atoms with Crippen molar-refractivity contribution in [3.8, 4) is 11.3 Å². The Hall–Kier alpha value is -1.99. The Bertz CT molecular complexity index is 805. The fourth-order valence-corrected chi connectivity index (χ4v) is 4.60. The Kier molecular flexibility index (Phi) is 4.44. The van der Waals surface area contributed by atoms with Crippen LogP contribution in [0.2, 0.25) is 0 Å². The third kappa shape index (κ3) is 3.21. The molecule has 1 aliphatic heterocycles. The third-order valence-corrected chi connectivity index (χ3v) is 6.36. The van der Waals surface area contributed by atoms with Gasteiger partial charge in [0, 0.05) is 24.0 Å². The summed E-state index contributed by atoms with van der Waals surface area (Å²) in [6.07, 6.45) is 2.22. The molecule has 4 rings (SSSR count). The fraction of sp³-hybridized carbons (Fsp3) is 0.474. The number of hydrogen-bond donors (Lipinski definition) is 2. The fourth-order valence-electron chi connectivity index (χ4n) is 3.74. The van der Waals surface area contributed by atoms with Gasteiger partial charge in [0.2, 0.25) is 0 Å². The molecule has 2 N–H and O–H groups in total. The summed E-state index contributed by atoms with van der Waals surface area (Å²) in [5.74, 6) is -0.802.